The van der Waals surface area contributed by atoms with Gasteiger partial charge >= 0.3 is 5.97 Å². The van der Waals surface area contributed by atoms with Crippen molar-refractivity contribution in [3.05, 3.63) is 51.2 Å². The van der Waals surface area contributed by atoms with Crippen LogP contribution in [0.25, 0.3) is 0 Å². The lowest BCUT2D eigenvalue weighted by atomic mass is 9.87. The molecule has 1 aromatic heterocycles. The van der Waals surface area contributed by atoms with Crippen LogP contribution in [0.5, 0.6) is 5.75 Å². The zero-order chi connectivity index (χ0) is 21.5. The molecule has 0 spiro atoms. The van der Waals surface area contributed by atoms with Gasteiger partial charge in [-0.25, -0.2) is 0 Å². The Labute approximate surface area is 184 Å². The maximum atomic E-state index is 12.3. The molecule has 0 atom stereocenters. The van der Waals surface area contributed by atoms with E-state index in [9.17, 15) is 14.4 Å². The number of carbonyl (C=O) groups excluding carboxylic acids is 2. The zero-order valence-electron chi connectivity index (χ0n) is 16.4. The summed E-state index contributed by atoms with van der Waals surface area (Å²) in [5.74, 6) is -0.480. The van der Waals surface area contributed by atoms with Gasteiger partial charge in [-0.2, -0.15) is 0 Å². The first-order valence-corrected chi connectivity index (χ1v) is 11.2. The molecule has 1 saturated carbocycles. The Morgan fingerprint density at radius 3 is 2.37 bits per heavy atom. The number of benzene rings is 1. The second-order valence-electron chi connectivity index (χ2n) is 7.34. The average Bonchev–Trinajstić information content (AvgIpc) is 3.18. The van der Waals surface area contributed by atoms with Gasteiger partial charge in [-0.3, -0.25) is 14.4 Å². The van der Waals surface area contributed by atoms with E-state index < -0.39 is 5.97 Å². The van der Waals surface area contributed by atoms with Crippen LogP contribution < -0.4 is 10.1 Å². The van der Waals surface area contributed by atoms with Gasteiger partial charge in [0.05, 0.1) is 21.2 Å². The van der Waals surface area contributed by atoms with Crippen LogP contribution >= 0.6 is 22.9 Å². The topological polar surface area (TPSA) is 92.7 Å². The van der Waals surface area contributed by atoms with E-state index in [-0.39, 0.29) is 23.7 Å². The van der Waals surface area contributed by atoms with Crippen molar-refractivity contribution in [1.82, 2.24) is 5.32 Å². The lowest BCUT2D eigenvalue weighted by molar-refractivity contribution is -0.143. The minimum atomic E-state index is -0.730. The summed E-state index contributed by atoms with van der Waals surface area (Å²) in [5, 5.41) is 11.8. The fourth-order valence-electron chi connectivity index (χ4n) is 3.46. The summed E-state index contributed by atoms with van der Waals surface area (Å²) in [4.78, 5) is 35.8. The largest absolute Gasteiger partial charge is 0.490 e. The summed E-state index contributed by atoms with van der Waals surface area (Å²) >= 11 is 7.04. The Kier molecular flexibility index (Phi) is 7.87. The number of rotatable bonds is 9. The normalized spacial score (nSPS) is 18.6. The summed E-state index contributed by atoms with van der Waals surface area (Å²) in [5.41, 5.74) is 0.605. The summed E-state index contributed by atoms with van der Waals surface area (Å²) in [7, 11) is 0. The quantitative estimate of drug-likeness (QED) is 0.423. The summed E-state index contributed by atoms with van der Waals surface area (Å²) < 4.78 is 6.49. The molecule has 1 fully saturated rings. The van der Waals surface area contributed by atoms with E-state index in [1.54, 1.807) is 36.4 Å². The number of hydrogen-bond donors (Lipinski definition) is 2. The molecule has 0 radical (unpaired) electrons. The number of thiophene rings is 1. The van der Waals surface area contributed by atoms with Crippen LogP contribution in [0.4, 0.5) is 0 Å². The first-order valence-electron chi connectivity index (χ1n) is 9.98. The van der Waals surface area contributed by atoms with E-state index in [0.717, 1.165) is 12.8 Å². The van der Waals surface area contributed by atoms with Crippen LogP contribution in [0.15, 0.2) is 36.4 Å². The number of amides is 1. The zero-order valence-corrected chi connectivity index (χ0v) is 18.0. The fourth-order valence-corrected chi connectivity index (χ4v) is 4.42. The molecule has 1 aliphatic carbocycles. The highest BCUT2D eigenvalue weighted by Crippen LogP contribution is 2.28. The van der Waals surface area contributed by atoms with Crippen molar-refractivity contribution in [2.45, 2.75) is 44.6 Å². The van der Waals surface area contributed by atoms with Gasteiger partial charge < -0.3 is 15.2 Å². The number of Topliss-reactive ketones (excluding diaryl/α,β-unsaturated/α-hetero) is 1. The number of ether oxygens (including phenoxy) is 1. The van der Waals surface area contributed by atoms with Crippen LogP contribution in [-0.4, -0.2) is 35.4 Å². The SMILES string of the molecule is O=C(CCCNC(=O)c1ccc(Cl)s1)c1ccc(OC2CCC(C(=O)O)CC2)cc1. The Morgan fingerprint density at radius 2 is 1.77 bits per heavy atom. The van der Waals surface area contributed by atoms with Crippen LogP contribution in [-0.2, 0) is 4.79 Å². The lowest BCUT2D eigenvalue weighted by Crippen LogP contribution is -2.27. The summed E-state index contributed by atoms with van der Waals surface area (Å²) in [6.45, 7) is 0.417. The van der Waals surface area contributed by atoms with Crippen molar-refractivity contribution < 1.29 is 24.2 Å². The van der Waals surface area contributed by atoms with Crippen LogP contribution in [0.2, 0.25) is 4.34 Å². The molecule has 0 bridgehead atoms. The van der Waals surface area contributed by atoms with Gasteiger partial charge in [0.2, 0.25) is 0 Å². The monoisotopic (exact) mass is 449 g/mol. The third-order valence-electron chi connectivity index (χ3n) is 5.17. The molecule has 1 aliphatic rings. The predicted octanol–water partition coefficient (Wildman–Crippen LogP) is 4.82. The predicted molar refractivity (Wildman–Crippen MR) is 116 cm³/mol. The second-order valence-corrected chi connectivity index (χ2v) is 9.06. The number of aliphatic carboxylic acids is 1. The molecular weight excluding hydrogens is 426 g/mol. The minimum Gasteiger partial charge on any atom is -0.490 e. The van der Waals surface area contributed by atoms with Gasteiger partial charge in [-0.15, -0.1) is 11.3 Å². The maximum Gasteiger partial charge on any atom is 0.306 e. The highest BCUT2D eigenvalue weighted by atomic mass is 35.5. The molecule has 0 aliphatic heterocycles. The molecule has 2 aromatic rings. The minimum absolute atomic E-state index is 0.0110. The molecule has 0 saturated heterocycles. The molecule has 3 rings (SSSR count). The average molecular weight is 450 g/mol. The van der Waals surface area contributed by atoms with Crippen molar-refractivity contribution in [2.24, 2.45) is 5.92 Å². The van der Waals surface area contributed by atoms with E-state index in [1.807, 2.05) is 0 Å². The molecule has 30 heavy (non-hydrogen) atoms. The second kappa shape index (κ2) is 10.6. The number of halogens is 1. The van der Waals surface area contributed by atoms with Gasteiger partial charge in [0.1, 0.15) is 5.75 Å². The highest BCUT2D eigenvalue weighted by molar-refractivity contribution is 7.17. The summed E-state index contributed by atoms with van der Waals surface area (Å²) in [6.07, 6.45) is 3.62. The smallest absolute Gasteiger partial charge is 0.306 e. The highest BCUT2D eigenvalue weighted by Gasteiger charge is 2.26. The number of carboxylic acids is 1. The molecule has 6 nitrogen and oxygen atoms in total. The molecule has 1 amide bonds. The molecule has 8 heteroatoms. The van der Waals surface area contributed by atoms with Gasteiger partial charge in [-0.05, 0) is 68.5 Å². The molecule has 2 N–H and O–H groups in total. The summed E-state index contributed by atoms with van der Waals surface area (Å²) in [6, 6.07) is 10.4. The first kappa shape index (κ1) is 22.3. The van der Waals surface area contributed by atoms with Gasteiger partial charge in [0.25, 0.3) is 5.91 Å². The van der Waals surface area contributed by atoms with Gasteiger partial charge in [-0.1, -0.05) is 11.6 Å². The number of hydrogen-bond acceptors (Lipinski definition) is 5. The number of carboxylic acid groups (broad SMARTS) is 1. The number of ketones is 1. The van der Waals surface area contributed by atoms with E-state index in [2.05, 4.69) is 5.32 Å². The van der Waals surface area contributed by atoms with E-state index in [1.165, 1.54) is 11.3 Å². The Bertz CT molecular complexity index is 887. The standard InChI is InChI=1S/C22H24ClNO5S/c23-20-12-11-19(30-20)21(26)24-13-1-2-18(25)14-3-7-16(8-4-14)29-17-9-5-15(6-10-17)22(27)28/h3-4,7-8,11-12,15,17H,1-2,5-6,9-10,13H2,(H,24,26)(H,27,28). The number of carbonyl (C=O) groups is 3. The number of nitrogens with one attached hydrogen (secondary N) is 1. The van der Waals surface area contributed by atoms with Crippen LogP contribution in [0.3, 0.4) is 0 Å². The third kappa shape index (κ3) is 6.31. The Balaban J connectivity index is 1.38. The van der Waals surface area contributed by atoms with E-state index in [0.29, 0.717) is 52.8 Å². The van der Waals surface area contributed by atoms with E-state index >= 15 is 0 Å². The molecule has 1 aromatic carbocycles. The Morgan fingerprint density at radius 1 is 1.07 bits per heavy atom. The lowest BCUT2D eigenvalue weighted by Gasteiger charge is -2.26. The van der Waals surface area contributed by atoms with Crippen molar-refractivity contribution >= 4 is 40.6 Å². The van der Waals surface area contributed by atoms with Gasteiger partial charge in [0.15, 0.2) is 5.78 Å². The Hall–Kier alpha value is -2.38. The third-order valence-corrected chi connectivity index (χ3v) is 6.40. The molecule has 1 heterocycles. The maximum absolute atomic E-state index is 12.3. The van der Waals surface area contributed by atoms with Crippen LogP contribution in [0, 0.1) is 5.92 Å². The molecule has 160 valence electrons. The van der Waals surface area contributed by atoms with Crippen LogP contribution in [0.1, 0.15) is 58.6 Å². The van der Waals surface area contributed by atoms with Crippen molar-refractivity contribution in [2.75, 3.05) is 6.54 Å². The molecule has 0 unspecified atom stereocenters. The fraction of sp³-hybridized carbons (Fsp3) is 0.409. The van der Waals surface area contributed by atoms with E-state index in [4.69, 9.17) is 21.4 Å². The van der Waals surface area contributed by atoms with Crippen molar-refractivity contribution in [3.8, 4) is 5.75 Å². The van der Waals surface area contributed by atoms with Crippen molar-refractivity contribution in [1.29, 1.82) is 0 Å². The van der Waals surface area contributed by atoms with Gasteiger partial charge in [0, 0.05) is 18.5 Å². The molecular formula is C22H24ClNO5S. The van der Waals surface area contributed by atoms with Crippen molar-refractivity contribution in [3.63, 3.8) is 0 Å². The first-order chi connectivity index (χ1) is 14.4.